The molecule has 0 radical (unpaired) electrons. The molecule has 0 aromatic heterocycles. The Kier molecular flexibility index (Phi) is 1.90. The van der Waals surface area contributed by atoms with E-state index in [0.29, 0.717) is 0 Å². The summed E-state index contributed by atoms with van der Waals surface area (Å²) >= 11 is 0. The van der Waals surface area contributed by atoms with Crippen LogP contribution in [0.2, 0.25) is 0 Å². The molecule has 1 aliphatic carbocycles. The zero-order valence-electron chi connectivity index (χ0n) is 9.71. The molecule has 3 rings (SSSR count). The van der Waals surface area contributed by atoms with Gasteiger partial charge in [-0.25, -0.2) is 0 Å². The van der Waals surface area contributed by atoms with Gasteiger partial charge < -0.3 is 0 Å². The first-order valence-corrected chi connectivity index (χ1v) is 7.50. The first-order chi connectivity index (χ1) is 8.84. The van der Waals surface area contributed by atoms with Gasteiger partial charge >= 0.3 is 10.2 Å². The Morgan fingerprint density at radius 3 is 2.25 bits per heavy atom. The van der Waals surface area contributed by atoms with Crippen LogP contribution in [0.4, 0.5) is 19.4 Å². The summed E-state index contributed by atoms with van der Waals surface area (Å²) in [6, 6.07) is 2.53. The predicted molar refractivity (Wildman–Crippen MR) is 60.8 cm³/mol. The van der Waals surface area contributed by atoms with E-state index in [4.69, 9.17) is 0 Å². The molecule has 1 heterocycles. The maximum Gasteiger partial charge on any atom is 0.310 e. The van der Waals surface area contributed by atoms with Crippen molar-refractivity contribution in [2.24, 2.45) is 5.92 Å². The van der Waals surface area contributed by atoms with Gasteiger partial charge in [0, 0.05) is 0 Å². The fourth-order valence-corrected chi connectivity index (χ4v) is 3.29. The van der Waals surface area contributed by atoms with Crippen molar-refractivity contribution < 1.29 is 29.0 Å². The van der Waals surface area contributed by atoms with E-state index >= 15 is 0 Å². The largest absolute Gasteiger partial charge is 0.310 e. The summed E-state index contributed by atoms with van der Waals surface area (Å²) in [5.41, 5.74) is -1.60. The number of amides is 2. The van der Waals surface area contributed by atoms with Crippen LogP contribution in [0.25, 0.3) is 0 Å². The van der Waals surface area contributed by atoms with E-state index in [0.717, 1.165) is 12.1 Å². The lowest BCUT2D eigenvalue weighted by atomic mass is 9.94. The van der Waals surface area contributed by atoms with Gasteiger partial charge in [0.2, 0.25) is 11.8 Å². The second-order valence-corrected chi connectivity index (χ2v) is 7.45. The summed E-state index contributed by atoms with van der Waals surface area (Å²) in [6.07, 6.45) is 0.0570. The van der Waals surface area contributed by atoms with Crippen LogP contribution in [-0.4, -0.2) is 11.8 Å². The number of carbonyl (C=O) groups is 2. The fraction of sp³-hybridized carbons (Fsp3) is 0.273. The van der Waals surface area contributed by atoms with Gasteiger partial charge in [0.25, 0.3) is 0 Å². The molecule has 20 heavy (non-hydrogen) atoms. The van der Waals surface area contributed by atoms with Gasteiger partial charge in [0.15, 0.2) is 0 Å². The topological polar surface area (TPSA) is 46.2 Å². The number of rotatable bonds is 2. The van der Waals surface area contributed by atoms with Crippen molar-refractivity contribution >= 4 is 22.0 Å². The van der Waals surface area contributed by atoms with Gasteiger partial charge in [-0.3, -0.25) is 14.9 Å². The highest BCUT2D eigenvalue weighted by Crippen LogP contribution is 3.02. The Labute approximate surface area is 109 Å². The Bertz CT molecular complexity index is 671. The number of hydrogen-bond acceptors (Lipinski definition) is 2. The number of carbonyl (C=O) groups excluding carboxylic acids is 2. The molecule has 2 amide bonds. The Morgan fingerprint density at radius 1 is 1.15 bits per heavy atom. The van der Waals surface area contributed by atoms with E-state index in [1.165, 1.54) is 0 Å². The lowest BCUT2D eigenvalue weighted by Crippen LogP contribution is -2.30. The minimum atomic E-state index is -9.80. The molecule has 2 aliphatic rings. The molecule has 1 saturated heterocycles. The lowest BCUT2D eigenvalue weighted by molar-refractivity contribution is -0.127. The van der Waals surface area contributed by atoms with Crippen molar-refractivity contribution in [1.82, 2.24) is 5.32 Å². The SMILES string of the molecule is O=C1NC(=O)[C@@]2(c3cccc(S(F)(F)(F)(F)F)c3)C[C@@H]12. The molecule has 1 aromatic rings. The summed E-state index contributed by atoms with van der Waals surface area (Å²) in [4.78, 5) is 20.9. The smallest absolute Gasteiger partial charge is 0.295 e. The fourth-order valence-electron chi connectivity index (χ4n) is 2.60. The van der Waals surface area contributed by atoms with Crippen LogP contribution in [0.3, 0.4) is 0 Å². The molecular weight excluding hydrogens is 305 g/mol. The van der Waals surface area contributed by atoms with Crippen LogP contribution < -0.4 is 5.32 Å². The third kappa shape index (κ3) is 1.72. The third-order valence-corrected chi connectivity index (χ3v) is 4.86. The first kappa shape index (κ1) is 13.3. The zero-order valence-corrected chi connectivity index (χ0v) is 10.5. The molecule has 1 aromatic carbocycles. The van der Waals surface area contributed by atoms with Crippen LogP contribution in [0, 0.1) is 5.92 Å². The molecule has 1 saturated carbocycles. The highest BCUT2D eigenvalue weighted by molar-refractivity contribution is 8.45. The lowest BCUT2D eigenvalue weighted by Gasteiger charge is -2.40. The zero-order chi connectivity index (χ0) is 15.0. The Balaban J connectivity index is 2.12. The predicted octanol–water partition coefficient (Wildman–Crippen LogP) is 3.26. The quantitative estimate of drug-likeness (QED) is 0.673. The van der Waals surface area contributed by atoms with Crippen molar-refractivity contribution in [3.8, 4) is 0 Å². The van der Waals surface area contributed by atoms with E-state index < -0.39 is 38.3 Å². The summed E-state index contributed by atoms with van der Waals surface area (Å²) in [7, 11) is -9.80. The highest BCUT2D eigenvalue weighted by Gasteiger charge is 2.71. The maximum atomic E-state index is 12.8. The van der Waals surface area contributed by atoms with E-state index in [1.54, 1.807) is 0 Å². The second kappa shape index (κ2) is 2.85. The van der Waals surface area contributed by atoms with E-state index in [2.05, 4.69) is 0 Å². The molecule has 0 bridgehead atoms. The number of benzene rings is 1. The van der Waals surface area contributed by atoms with Crippen molar-refractivity contribution in [1.29, 1.82) is 0 Å². The molecule has 110 valence electrons. The van der Waals surface area contributed by atoms with Crippen molar-refractivity contribution in [3.05, 3.63) is 29.8 Å². The number of nitrogens with one attached hydrogen (secondary N) is 1. The minimum Gasteiger partial charge on any atom is -0.295 e. The summed E-state index contributed by atoms with van der Waals surface area (Å²) in [5, 5.41) is 2.00. The van der Waals surface area contributed by atoms with Gasteiger partial charge in [0.1, 0.15) is 4.90 Å². The second-order valence-electron chi connectivity index (χ2n) is 5.04. The standard InChI is InChI=1S/C11H8F5NO2S/c12-20(13,14,15,16)7-3-1-2-6(4-7)11-5-8(11)9(18)17-10(11)19/h1-4,8H,5H2,(H,17,18,19)/t8-,11+/m0/s1. The van der Waals surface area contributed by atoms with Gasteiger partial charge in [-0.15, -0.1) is 0 Å². The first-order valence-electron chi connectivity index (χ1n) is 5.54. The average molecular weight is 313 g/mol. The number of piperidine rings is 1. The third-order valence-electron chi connectivity index (χ3n) is 3.71. The molecule has 1 aliphatic heterocycles. The van der Waals surface area contributed by atoms with Gasteiger partial charge in [-0.1, -0.05) is 31.6 Å². The van der Waals surface area contributed by atoms with E-state index in [-0.39, 0.29) is 24.1 Å². The number of fused-ring (bicyclic) bond motifs is 1. The molecule has 3 nitrogen and oxygen atoms in total. The van der Waals surface area contributed by atoms with E-state index in [1.807, 2.05) is 5.32 Å². The number of imide groups is 1. The highest BCUT2D eigenvalue weighted by atomic mass is 32.5. The van der Waals surface area contributed by atoms with Gasteiger partial charge in [-0.05, 0) is 24.1 Å². The summed E-state index contributed by atoms with van der Waals surface area (Å²) in [6.45, 7) is 0. The van der Waals surface area contributed by atoms with Crippen LogP contribution in [-0.2, 0) is 15.0 Å². The van der Waals surface area contributed by atoms with Gasteiger partial charge in [0.05, 0.1) is 11.3 Å². The van der Waals surface area contributed by atoms with Crippen LogP contribution in [0.5, 0.6) is 0 Å². The Hall–Kier alpha value is -1.64. The molecular formula is C11H8F5NO2S. The molecule has 9 heteroatoms. The van der Waals surface area contributed by atoms with Crippen molar-refractivity contribution in [2.75, 3.05) is 0 Å². The molecule has 2 fully saturated rings. The Morgan fingerprint density at radius 2 is 1.80 bits per heavy atom. The molecule has 0 spiro atoms. The van der Waals surface area contributed by atoms with Crippen LogP contribution >= 0.6 is 10.2 Å². The van der Waals surface area contributed by atoms with Crippen LogP contribution in [0.1, 0.15) is 12.0 Å². The molecule has 0 unspecified atom stereocenters. The summed E-state index contributed by atoms with van der Waals surface area (Å²) < 4.78 is 63.8. The monoisotopic (exact) mass is 313 g/mol. The summed E-state index contributed by atoms with van der Waals surface area (Å²) in [5.74, 6) is -2.07. The van der Waals surface area contributed by atoms with Crippen LogP contribution in [0.15, 0.2) is 29.2 Å². The van der Waals surface area contributed by atoms with Crippen molar-refractivity contribution in [2.45, 2.75) is 16.7 Å². The molecule has 1 N–H and O–H groups in total. The minimum absolute atomic E-state index is 0.0570. The average Bonchev–Trinajstić information content (AvgIpc) is 2.97. The van der Waals surface area contributed by atoms with Gasteiger partial charge in [-0.2, -0.15) is 0 Å². The normalized spacial score (nSPS) is 32.1. The van der Waals surface area contributed by atoms with Crippen molar-refractivity contribution in [3.63, 3.8) is 0 Å². The molecule has 2 atom stereocenters. The number of hydrogen-bond donors (Lipinski definition) is 1. The maximum absolute atomic E-state index is 12.8. The van der Waals surface area contributed by atoms with E-state index in [9.17, 15) is 29.0 Å². The number of halogens is 5.